The molecule has 1 heterocycles. The number of ether oxygens (including phenoxy) is 1. The maximum absolute atomic E-state index is 12.1. The van der Waals surface area contributed by atoms with Gasteiger partial charge in [-0.1, -0.05) is 13.0 Å². The fraction of sp³-hybridized carbons (Fsp3) is 0.429. The van der Waals surface area contributed by atoms with E-state index < -0.39 is 12.0 Å². The summed E-state index contributed by atoms with van der Waals surface area (Å²) in [5, 5.41) is 5.92. The van der Waals surface area contributed by atoms with Gasteiger partial charge in [0.15, 0.2) is 0 Å². The number of hydrogen-bond donors (Lipinski definition) is 2. The number of amides is 1. The lowest BCUT2D eigenvalue weighted by Crippen LogP contribution is -2.41. The molecule has 1 aliphatic rings. The van der Waals surface area contributed by atoms with Gasteiger partial charge in [0, 0.05) is 18.7 Å². The minimum absolute atomic E-state index is 0.244. The Bertz CT molecular complexity index is 499. The summed E-state index contributed by atoms with van der Waals surface area (Å²) < 4.78 is 4.65. The molecule has 2 N–H and O–H groups in total. The smallest absolute Gasteiger partial charge is 0.328 e. The summed E-state index contributed by atoms with van der Waals surface area (Å²) in [6.07, 6.45) is 0.505. The largest absolute Gasteiger partial charge is 0.467 e. The molecule has 0 fully saturated rings. The molecule has 0 aliphatic carbocycles. The molecule has 1 aromatic carbocycles. The van der Waals surface area contributed by atoms with Crippen LogP contribution in [0.25, 0.3) is 0 Å². The number of benzene rings is 1. The summed E-state index contributed by atoms with van der Waals surface area (Å²) in [5.74, 6) is -0.661. The van der Waals surface area contributed by atoms with Crippen LogP contribution in [-0.2, 0) is 22.6 Å². The standard InChI is InChI=1S/C14H18N2O3/c1-3-12(14(18)19-2)16-13(17)9-4-5-10-7-15-8-11(10)6-9/h4-6,12,15H,3,7-8H2,1-2H3,(H,16,17). The van der Waals surface area contributed by atoms with Crippen molar-refractivity contribution in [1.29, 1.82) is 0 Å². The second kappa shape index (κ2) is 5.84. The van der Waals surface area contributed by atoms with Crippen molar-refractivity contribution in [2.45, 2.75) is 32.5 Å². The second-order valence-electron chi connectivity index (χ2n) is 4.54. The van der Waals surface area contributed by atoms with Crippen LogP contribution in [0.2, 0.25) is 0 Å². The molecule has 1 aromatic rings. The fourth-order valence-electron chi connectivity index (χ4n) is 2.15. The highest BCUT2D eigenvalue weighted by Crippen LogP contribution is 2.17. The Kier molecular flexibility index (Phi) is 4.16. The third-order valence-electron chi connectivity index (χ3n) is 3.30. The average Bonchev–Trinajstić information content (AvgIpc) is 2.90. The lowest BCUT2D eigenvalue weighted by atomic mass is 10.1. The van der Waals surface area contributed by atoms with E-state index in [2.05, 4.69) is 15.4 Å². The van der Waals surface area contributed by atoms with Crippen LogP contribution < -0.4 is 10.6 Å². The van der Waals surface area contributed by atoms with Crippen molar-refractivity contribution in [2.24, 2.45) is 0 Å². The Morgan fingerprint density at radius 1 is 1.37 bits per heavy atom. The number of esters is 1. The number of carbonyl (C=O) groups is 2. The van der Waals surface area contributed by atoms with E-state index in [9.17, 15) is 9.59 Å². The zero-order valence-electron chi connectivity index (χ0n) is 11.2. The molecule has 19 heavy (non-hydrogen) atoms. The van der Waals surface area contributed by atoms with Crippen LogP contribution in [0.15, 0.2) is 18.2 Å². The molecule has 0 radical (unpaired) electrons. The first kappa shape index (κ1) is 13.5. The van der Waals surface area contributed by atoms with Crippen LogP contribution in [0.4, 0.5) is 0 Å². The minimum Gasteiger partial charge on any atom is -0.467 e. The van der Waals surface area contributed by atoms with Crippen molar-refractivity contribution in [3.63, 3.8) is 0 Å². The zero-order chi connectivity index (χ0) is 13.8. The van der Waals surface area contributed by atoms with Gasteiger partial charge in [0.25, 0.3) is 5.91 Å². The van der Waals surface area contributed by atoms with Crippen LogP contribution in [0.1, 0.15) is 34.8 Å². The van der Waals surface area contributed by atoms with Gasteiger partial charge in [-0.05, 0) is 29.7 Å². The van der Waals surface area contributed by atoms with Crippen molar-refractivity contribution >= 4 is 11.9 Å². The Labute approximate surface area is 112 Å². The SMILES string of the molecule is CCC(NC(=O)c1ccc2c(c1)CNC2)C(=O)OC. The maximum Gasteiger partial charge on any atom is 0.328 e. The number of carbonyl (C=O) groups excluding carboxylic acids is 2. The van der Waals surface area contributed by atoms with E-state index in [4.69, 9.17) is 0 Å². The second-order valence-corrected chi connectivity index (χ2v) is 4.54. The van der Waals surface area contributed by atoms with Gasteiger partial charge < -0.3 is 15.4 Å². The third kappa shape index (κ3) is 2.93. The zero-order valence-corrected chi connectivity index (χ0v) is 11.2. The van der Waals surface area contributed by atoms with Crippen LogP contribution in [0.3, 0.4) is 0 Å². The van der Waals surface area contributed by atoms with Crippen LogP contribution in [-0.4, -0.2) is 25.0 Å². The number of hydrogen-bond acceptors (Lipinski definition) is 4. The Hall–Kier alpha value is -1.88. The first-order valence-corrected chi connectivity index (χ1v) is 6.37. The summed E-state index contributed by atoms with van der Waals surface area (Å²) in [6.45, 7) is 3.45. The number of fused-ring (bicyclic) bond motifs is 1. The molecular weight excluding hydrogens is 244 g/mol. The van der Waals surface area contributed by atoms with Gasteiger partial charge in [0.1, 0.15) is 6.04 Å². The summed E-state index contributed by atoms with van der Waals surface area (Å²) in [4.78, 5) is 23.5. The van der Waals surface area contributed by atoms with E-state index in [0.29, 0.717) is 12.0 Å². The van der Waals surface area contributed by atoms with E-state index in [-0.39, 0.29) is 5.91 Å². The highest BCUT2D eigenvalue weighted by atomic mass is 16.5. The Balaban J connectivity index is 2.09. The maximum atomic E-state index is 12.1. The summed E-state index contributed by atoms with van der Waals surface area (Å²) in [7, 11) is 1.32. The van der Waals surface area contributed by atoms with Gasteiger partial charge in [-0.15, -0.1) is 0 Å². The first-order chi connectivity index (χ1) is 9.15. The molecule has 2 rings (SSSR count). The van der Waals surface area contributed by atoms with Crippen molar-refractivity contribution in [1.82, 2.24) is 10.6 Å². The topological polar surface area (TPSA) is 67.4 Å². The molecule has 1 aliphatic heterocycles. The van der Waals surface area contributed by atoms with Crippen molar-refractivity contribution in [2.75, 3.05) is 7.11 Å². The van der Waals surface area contributed by atoms with Crippen LogP contribution in [0, 0.1) is 0 Å². The number of rotatable bonds is 4. The van der Waals surface area contributed by atoms with Crippen molar-refractivity contribution < 1.29 is 14.3 Å². The van der Waals surface area contributed by atoms with Crippen molar-refractivity contribution in [3.05, 3.63) is 34.9 Å². The highest BCUT2D eigenvalue weighted by Gasteiger charge is 2.21. The fourth-order valence-corrected chi connectivity index (χ4v) is 2.15. The van der Waals surface area contributed by atoms with E-state index in [1.807, 2.05) is 19.1 Å². The molecule has 0 saturated heterocycles. The average molecular weight is 262 g/mol. The monoisotopic (exact) mass is 262 g/mol. The van der Waals surface area contributed by atoms with Crippen molar-refractivity contribution in [3.8, 4) is 0 Å². The Morgan fingerprint density at radius 2 is 2.11 bits per heavy atom. The summed E-state index contributed by atoms with van der Waals surface area (Å²) in [6, 6.07) is 5.01. The van der Waals surface area contributed by atoms with Crippen LogP contribution >= 0.6 is 0 Å². The van der Waals surface area contributed by atoms with Gasteiger partial charge in [-0.25, -0.2) is 4.79 Å². The van der Waals surface area contributed by atoms with Gasteiger partial charge >= 0.3 is 5.97 Å². The van der Waals surface area contributed by atoms with Crippen LogP contribution in [0.5, 0.6) is 0 Å². The molecule has 1 amide bonds. The summed E-state index contributed by atoms with van der Waals surface area (Å²) in [5.41, 5.74) is 2.93. The molecule has 0 aromatic heterocycles. The quantitative estimate of drug-likeness (QED) is 0.793. The molecule has 0 bridgehead atoms. The van der Waals surface area contributed by atoms with E-state index in [0.717, 1.165) is 18.7 Å². The predicted molar refractivity (Wildman–Crippen MR) is 70.5 cm³/mol. The number of methoxy groups -OCH3 is 1. The van der Waals surface area contributed by atoms with Gasteiger partial charge in [0.2, 0.25) is 0 Å². The number of nitrogens with one attached hydrogen (secondary N) is 2. The molecule has 1 unspecified atom stereocenters. The Morgan fingerprint density at radius 3 is 2.79 bits per heavy atom. The van der Waals surface area contributed by atoms with E-state index >= 15 is 0 Å². The lowest BCUT2D eigenvalue weighted by Gasteiger charge is -2.14. The van der Waals surface area contributed by atoms with E-state index in [1.54, 1.807) is 6.07 Å². The molecule has 1 atom stereocenters. The minimum atomic E-state index is -0.594. The van der Waals surface area contributed by atoms with Gasteiger partial charge in [0.05, 0.1) is 7.11 Å². The predicted octanol–water partition coefficient (Wildman–Crippen LogP) is 0.971. The highest BCUT2D eigenvalue weighted by molar-refractivity contribution is 5.97. The summed E-state index contributed by atoms with van der Waals surface area (Å²) >= 11 is 0. The first-order valence-electron chi connectivity index (χ1n) is 6.37. The molecule has 5 nitrogen and oxygen atoms in total. The van der Waals surface area contributed by atoms with Gasteiger partial charge in [-0.3, -0.25) is 4.79 Å². The third-order valence-corrected chi connectivity index (χ3v) is 3.30. The van der Waals surface area contributed by atoms with Gasteiger partial charge in [-0.2, -0.15) is 0 Å². The molecule has 0 saturated carbocycles. The van der Waals surface area contributed by atoms with E-state index in [1.165, 1.54) is 12.7 Å². The molecule has 5 heteroatoms. The molecule has 102 valence electrons. The molecule has 0 spiro atoms. The normalized spacial score (nSPS) is 14.6. The lowest BCUT2D eigenvalue weighted by molar-refractivity contribution is -0.142. The molecular formula is C14H18N2O3.